The first-order valence-electron chi connectivity index (χ1n) is 7.35. The molecule has 25 heavy (non-hydrogen) atoms. The first kappa shape index (κ1) is 20.8. The van der Waals surface area contributed by atoms with Crippen LogP contribution in [-0.2, 0) is 26.3 Å². The van der Waals surface area contributed by atoms with Gasteiger partial charge in [-0.2, -0.15) is 8.42 Å². The maximum atomic E-state index is 11.0. The lowest BCUT2D eigenvalue weighted by atomic mass is 10.2. The lowest BCUT2D eigenvalue weighted by Crippen LogP contribution is -2.35. The molecular weight excluding hydrogens is 346 g/mol. The Hall–Kier alpha value is -2.26. The van der Waals surface area contributed by atoms with E-state index in [0.717, 1.165) is 11.1 Å². The Morgan fingerprint density at radius 1 is 1.12 bits per heavy atom. The largest absolute Gasteiger partial charge is 0.460 e. The molecule has 0 fully saturated rings. The molecule has 0 aliphatic rings. The van der Waals surface area contributed by atoms with Gasteiger partial charge in [-0.3, -0.25) is 9.35 Å². The number of rotatable bonds is 5. The van der Waals surface area contributed by atoms with Crippen molar-refractivity contribution in [3.63, 3.8) is 0 Å². The third-order valence-corrected chi connectivity index (χ3v) is 3.91. The second-order valence-corrected chi connectivity index (χ2v) is 6.59. The monoisotopic (exact) mass is 367 g/mol. The third kappa shape index (κ3) is 7.90. The van der Waals surface area contributed by atoms with Gasteiger partial charge in [-0.05, 0) is 24.6 Å². The molecule has 1 atom stereocenters. The number of benzene rings is 2. The Morgan fingerprint density at radius 2 is 1.68 bits per heavy atom. The van der Waals surface area contributed by atoms with Crippen molar-refractivity contribution in [2.24, 2.45) is 5.73 Å². The van der Waals surface area contributed by atoms with E-state index in [1.54, 1.807) is 12.1 Å². The van der Waals surface area contributed by atoms with Crippen molar-refractivity contribution < 1.29 is 27.6 Å². The molecule has 0 aliphatic carbocycles. The van der Waals surface area contributed by atoms with E-state index in [2.05, 4.69) is 0 Å². The molecule has 0 spiro atoms. The van der Waals surface area contributed by atoms with E-state index in [0.29, 0.717) is 0 Å². The zero-order valence-electron chi connectivity index (χ0n) is 13.7. The van der Waals surface area contributed by atoms with Crippen LogP contribution >= 0.6 is 0 Å². The molecule has 1 unspecified atom stereocenters. The van der Waals surface area contributed by atoms with Gasteiger partial charge in [0.1, 0.15) is 12.6 Å². The zero-order valence-corrected chi connectivity index (χ0v) is 14.5. The highest BCUT2D eigenvalue weighted by atomic mass is 32.2. The van der Waals surface area contributed by atoms with Gasteiger partial charge >= 0.3 is 5.97 Å². The summed E-state index contributed by atoms with van der Waals surface area (Å²) in [6.45, 7) is 1.63. The van der Waals surface area contributed by atoms with E-state index in [1.807, 2.05) is 37.3 Å². The zero-order chi connectivity index (χ0) is 18.9. The maximum absolute atomic E-state index is 11.0. The normalized spacial score (nSPS) is 11.8. The molecular formula is C17H21NO6S. The van der Waals surface area contributed by atoms with Crippen molar-refractivity contribution >= 4 is 16.1 Å². The number of aryl methyl sites for hydroxylation is 1. The Kier molecular flexibility index (Phi) is 8.23. The average Bonchev–Trinajstić information content (AvgIpc) is 2.60. The number of ether oxygens (including phenoxy) is 1. The van der Waals surface area contributed by atoms with Crippen molar-refractivity contribution in [1.29, 1.82) is 0 Å². The van der Waals surface area contributed by atoms with E-state index >= 15 is 0 Å². The van der Waals surface area contributed by atoms with Gasteiger partial charge < -0.3 is 15.6 Å². The van der Waals surface area contributed by atoms with Crippen LogP contribution in [0.1, 0.15) is 11.1 Å². The summed E-state index contributed by atoms with van der Waals surface area (Å²) in [6.07, 6.45) is 0. The molecule has 2 aromatic carbocycles. The lowest BCUT2D eigenvalue weighted by molar-refractivity contribution is -0.147. The van der Waals surface area contributed by atoms with Crippen LogP contribution in [0.5, 0.6) is 0 Å². The minimum atomic E-state index is -4.02. The number of nitrogens with two attached hydrogens (primary N) is 1. The third-order valence-electron chi connectivity index (χ3n) is 3.04. The number of hydrogen-bond donors (Lipinski definition) is 3. The molecule has 2 aromatic rings. The number of hydrogen-bond acceptors (Lipinski definition) is 6. The summed E-state index contributed by atoms with van der Waals surface area (Å²) in [5, 5.41) is 8.58. The number of aliphatic hydroxyl groups is 1. The smallest absolute Gasteiger partial charge is 0.325 e. The summed E-state index contributed by atoms with van der Waals surface area (Å²) < 4.78 is 34.4. The second kappa shape index (κ2) is 9.90. The fourth-order valence-electron chi connectivity index (χ4n) is 1.62. The van der Waals surface area contributed by atoms with Gasteiger partial charge in [0.05, 0.1) is 11.5 Å². The van der Waals surface area contributed by atoms with Crippen LogP contribution < -0.4 is 5.73 Å². The highest BCUT2D eigenvalue weighted by molar-refractivity contribution is 7.85. The Morgan fingerprint density at radius 3 is 2.16 bits per heavy atom. The van der Waals surface area contributed by atoms with Gasteiger partial charge in [-0.15, -0.1) is 0 Å². The fourth-order valence-corrected chi connectivity index (χ4v) is 2.10. The highest BCUT2D eigenvalue weighted by Gasteiger charge is 2.13. The molecule has 0 radical (unpaired) electrons. The molecule has 0 amide bonds. The summed E-state index contributed by atoms with van der Waals surface area (Å²) in [7, 11) is -4.02. The van der Waals surface area contributed by atoms with Crippen LogP contribution in [0, 0.1) is 6.92 Å². The summed E-state index contributed by atoms with van der Waals surface area (Å²) in [5.74, 6) is -0.587. The Balaban J connectivity index is 0.000000257. The van der Waals surface area contributed by atoms with Crippen LogP contribution in [0.3, 0.4) is 0 Å². The highest BCUT2D eigenvalue weighted by Crippen LogP contribution is 2.08. The van der Waals surface area contributed by atoms with Gasteiger partial charge in [0.15, 0.2) is 0 Å². The summed E-state index contributed by atoms with van der Waals surface area (Å²) in [6, 6.07) is 14.3. The van der Waals surface area contributed by atoms with Crippen LogP contribution in [0.4, 0.5) is 0 Å². The molecule has 8 heteroatoms. The van der Waals surface area contributed by atoms with Crippen molar-refractivity contribution in [3.05, 3.63) is 65.7 Å². The molecule has 4 N–H and O–H groups in total. The van der Waals surface area contributed by atoms with Gasteiger partial charge in [0.2, 0.25) is 0 Å². The van der Waals surface area contributed by atoms with Gasteiger partial charge in [-0.1, -0.05) is 48.0 Å². The molecule has 0 aromatic heterocycles. The molecule has 2 rings (SSSR count). The summed E-state index contributed by atoms with van der Waals surface area (Å²) in [5.41, 5.74) is 7.11. The molecule has 7 nitrogen and oxygen atoms in total. The topological polar surface area (TPSA) is 127 Å². The van der Waals surface area contributed by atoms with E-state index in [9.17, 15) is 13.2 Å². The van der Waals surface area contributed by atoms with Gasteiger partial charge in [0.25, 0.3) is 10.1 Å². The minimum absolute atomic E-state index is 0.0666. The SMILES string of the molecule is Cc1ccc(S(=O)(=O)O)cc1.NC(CO)C(=O)OCc1ccccc1. The second-order valence-electron chi connectivity index (χ2n) is 5.17. The Bertz CT molecular complexity index is 759. The predicted octanol–water partition coefficient (Wildman–Crippen LogP) is 1.29. The molecule has 0 aliphatic heterocycles. The van der Waals surface area contributed by atoms with Crippen LogP contribution in [0.2, 0.25) is 0 Å². The minimum Gasteiger partial charge on any atom is -0.460 e. The summed E-state index contributed by atoms with van der Waals surface area (Å²) in [4.78, 5) is 11.0. The molecule has 0 saturated carbocycles. The van der Waals surface area contributed by atoms with Crippen molar-refractivity contribution in [3.8, 4) is 0 Å². The van der Waals surface area contributed by atoms with E-state index in [1.165, 1.54) is 12.1 Å². The average molecular weight is 367 g/mol. The van der Waals surface area contributed by atoms with Gasteiger partial charge in [0, 0.05) is 0 Å². The van der Waals surface area contributed by atoms with E-state index in [-0.39, 0.29) is 11.5 Å². The fraction of sp³-hybridized carbons (Fsp3) is 0.235. The number of esters is 1. The maximum Gasteiger partial charge on any atom is 0.325 e. The number of carbonyl (C=O) groups excluding carboxylic acids is 1. The first-order valence-corrected chi connectivity index (χ1v) is 8.79. The van der Waals surface area contributed by atoms with Crippen molar-refractivity contribution in [2.45, 2.75) is 24.5 Å². The first-order chi connectivity index (χ1) is 11.7. The predicted molar refractivity (Wildman–Crippen MR) is 92.3 cm³/mol. The van der Waals surface area contributed by atoms with Crippen LogP contribution in [0.15, 0.2) is 59.5 Å². The van der Waals surface area contributed by atoms with Crippen LogP contribution in [0.25, 0.3) is 0 Å². The quantitative estimate of drug-likeness (QED) is 0.537. The lowest BCUT2D eigenvalue weighted by Gasteiger charge is -2.08. The van der Waals surface area contributed by atoms with Crippen molar-refractivity contribution in [1.82, 2.24) is 0 Å². The molecule has 0 heterocycles. The standard InChI is InChI=1S/C10H13NO3.C7H8O3S/c11-9(6-12)10(13)14-7-8-4-2-1-3-5-8;1-6-2-4-7(5-3-6)11(8,9)10/h1-5,9,12H,6-7,11H2;2-5H,1H3,(H,8,9,10). The van der Waals surface area contributed by atoms with E-state index in [4.69, 9.17) is 20.1 Å². The van der Waals surface area contributed by atoms with E-state index < -0.39 is 28.7 Å². The molecule has 0 bridgehead atoms. The Labute approximate surface area is 146 Å². The molecule has 136 valence electrons. The number of aliphatic hydroxyl groups excluding tert-OH is 1. The van der Waals surface area contributed by atoms with Gasteiger partial charge in [-0.25, -0.2) is 0 Å². The van der Waals surface area contributed by atoms with Crippen LogP contribution in [-0.4, -0.2) is 36.7 Å². The molecule has 0 saturated heterocycles. The van der Waals surface area contributed by atoms with Crippen molar-refractivity contribution in [2.75, 3.05) is 6.61 Å². The summed E-state index contributed by atoms with van der Waals surface area (Å²) >= 11 is 0. The number of carbonyl (C=O) groups is 1.